The second kappa shape index (κ2) is 11.2. The van der Waals surface area contributed by atoms with Gasteiger partial charge in [0.05, 0.1) is 11.1 Å². The summed E-state index contributed by atoms with van der Waals surface area (Å²) in [7, 11) is 0. The zero-order chi connectivity index (χ0) is 25.5. The molecule has 1 heterocycles. The first-order valence-corrected chi connectivity index (χ1v) is 12.2. The van der Waals surface area contributed by atoms with Crippen LogP contribution in [0.4, 0.5) is 0 Å². The van der Waals surface area contributed by atoms with Crippen molar-refractivity contribution in [3.63, 3.8) is 0 Å². The number of aryl methyl sites for hydroxylation is 1. The number of benzene rings is 3. The van der Waals surface area contributed by atoms with E-state index in [0.717, 1.165) is 24.0 Å². The highest BCUT2D eigenvalue weighted by Crippen LogP contribution is 2.39. The van der Waals surface area contributed by atoms with E-state index in [4.69, 9.17) is 14.2 Å². The third-order valence-electron chi connectivity index (χ3n) is 5.97. The van der Waals surface area contributed by atoms with Crippen molar-refractivity contribution in [2.45, 2.75) is 52.4 Å². The summed E-state index contributed by atoms with van der Waals surface area (Å²) in [5, 5.41) is 3.02. The topological polar surface area (TPSA) is 74.2 Å². The largest absolute Gasteiger partial charge is 0.488 e. The van der Waals surface area contributed by atoms with E-state index in [1.165, 1.54) is 0 Å². The molecule has 4 rings (SSSR count). The summed E-state index contributed by atoms with van der Waals surface area (Å²) in [6.45, 7) is 6.10. The quantitative estimate of drug-likeness (QED) is 0.217. The number of nitrogens with zero attached hydrogens (tertiary/aromatic N) is 1. The van der Waals surface area contributed by atoms with Crippen LogP contribution in [-0.2, 0) is 19.6 Å². The maximum atomic E-state index is 13.3. The van der Waals surface area contributed by atoms with Gasteiger partial charge in [-0.05, 0) is 67.8 Å². The van der Waals surface area contributed by atoms with Gasteiger partial charge in [-0.25, -0.2) is 0 Å². The second-order valence-corrected chi connectivity index (χ2v) is 9.36. The molecule has 6 nitrogen and oxygen atoms in total. The van der Waals surface area contributed by atoms with E-state index in [2.05, 4.69) is 12.1 Å². The number of ketones is 1. The van der Waals surface area contributed by atoms with Crippen molar-refractivity contribution in [2.24, 2.45) is 5.18 Å². The average Bonchev–Trinajstić information content (AvgIpc) is 2.87. The monoisotopic (exact) mass is 485 g/mol. The van der Waals surface area contributed by atoms with Gasteiger partial charge >= 0.3 is 0 Å². The first kappa shape index (κ1) is 25.2. The molecule has 36 heavy (non-hydrogen) atoms. The molecule has 0 saturated carbocycles. The van der Waals surface area contributed by atoms with Gasteiger partial charge in [0.25, 0.3) is 0 Å². The van der Waals surface area contributed by atoms with Crippen molar-refractivity contribution >= 4 is 11.9 Å². The van der Waals surface area contributed by atoms with Gasteiger partial charge in [-0.1, -0.05) is 54.9 Å². The Bertz CT molecular complexity index is 1260. The lowest BCUT2D eigenvalue weighted by molar-refractivity contribution is 0.0914. The van der Waals surface area contributed by atoms with Gasteiger partial charge in [-0.15, -0.1) is 0 Å². The number of rotatable bonds is 11. The number of hydrogen-bond acceptors (Lipinski definition) is 6. The fourth-order valence-corrected chi connectivity index (χ4v) is 4.15. The normalized spacial score (nSPS) is 13.4. The number of nitroso groups, excluding NO2 is 1. The van der Waals surface area contributed by atoms with Gasteiger partial charge in [-0.2, -0.15) is 4.91 Å². The van der Waals surface area contributed by atoms with Gasteiger partial charge in [0.2, 0.25) is 5.78 Å². The van der Waals surface area contributed by atoms with E-state index >= 15 is 0 Å². The van der Waals surface area contributed by atoms with E-state index in [1.54, 1.807) is 18.2 Å². The van der Waals surface area contributed by atoms with Crippen LogP contribution < -0.4 is 14.2 Å². The Balaban J connectivity index is 1.58. The Hall–Kier alpha value is -3.93. The first-order valence-electron chi connectivity index (χ1n) is 12.2. The number of carbonyl (C=O) groups is 1. The molecule has 186 valence electrons. The van der Waals surface area contributed by atoms with Crippen molar-refractivity contribution in [1.29, 1.82) is 0 Å². The van der Waals surface area contributed by atoms with Crippen molar-refractivity contribution in [1.82, 2.24) is 0 Å². The maximum absolute atomic E-state index is 13.3. The summed E-state index contributed by atoms with van der Waals surface area (Å²) < 4.78 is 18.2. The Kier molecular flexibility index (Phi) is 7.84. The predicted octanol–water partition coefficient (Wildman–Crippen LogP) is 6.93. The smallest absolute Gasteiger partial charge is 0.203 e. The van der Waals surface area contributed by atoms with Crippen molar-refractivity contribution < 1.29 is 19.0 Å². The lowest BCUT2D eigenvalue weighted by atomic mass is 9.99. The molecule has 0 aromatic heterocycles. The van der Waals surface area contributed by atoms with Crippen molar-refractivity contribution in [2.75, 3.05) is 6.61 Å². The fourth-order valence-electron chi connectivity index (χ4n) is 4.15. The van der Waals surface area contributed by atoms with Crippen LogP contribution in [0.5, 0.6) is 17.2 Å². The molecule has 1 aliphatic heterocycles. The molecular formula is C30H31NO5. The molecule has 0 radical (unpaired) electrons. The Morgan fingerprint density at radius 2 is 1.81 bits per heavy atom. The Labute approximate surface area is 211 Å². The van der Waals surface area contributed by atoms with E-state index in [0.29, 0.717) is 40.5 Å². The molecule has 0 spiro atoms. The number of hydrogen-bond donors (Lipinski definition) is 0. The molecule has 0 aliphatic carbocycles. The number of ether oxygens (including phenoxy) is 3. The molecule has 1 aliphatic rings. The molecule has 0 bridgehead atoms. The average molecular weight is 486 g/mol. The van der Waals surface area contributed by atoms with Gasteiger partial charge in [-0.3, -0.25) is 4.79 Å². The minimum absolute atomic E-state index is 0.0643. The van der Waals surface area contributed by atoms with E-state index in [1.807, 2.05) is 68.5 Å². The van der Waals surface area contributed by atoms with Gasteiger partial charge in [0, 0.05) is 5.56 Å². The lowest BCUT2D eigenvalue weighted by Crippen LogP contribution is -2.27. The Morgan fingerprint density at radius 1 is 1.00 bits per heavy atom. The van der Waals surface area contributed by atoms with E-state index in [-0.39, 0.29) is 18.9 Å². The van der Waals surface area contributed by atoms with Gasteiger partial charge < -0.3 is 14.2 Å². The van der Waals surface area contributed by atoms with E-state index < -0.39 is 5.60 Å². The third-order valence-corrected chi connectivity index (χ3v) is 5.97. The Morgan fingerprint density at radius 3 is 2.56 bits per heavy atom. The summed E-state index contributed by atoms with van der Waals surface area (Å²) in [6.07, 6.45) is 5.71. The lowest BCUT2D eigenvalue weighted by Gasteiger charge is -2.29. The van der Waals surface area contributed by atoms with Crippen LogP contribution >= 0.6 is 0 Å². The number of carbonyl (C=O) groups excluding carboxylic acids is 1. The van der Waals surface area contributed by atoms with Crippen molar-refractivity contribution in [3.05, 3.63) is 99.5 Å². The molecule has 0 unspecified atom stereocenters. The highest BCUT2D eigenvalue weighted by Gasteiger charge is 2.26. The molecule has 0 atom stereocenters. The van der Waals surface area contributed by atoms with Crippen LogP contribution in [0.3, 0.4) is 0 Å². The minimum atomic E-state index is -0.463. The summed E-state index contributed by atoms with van der Waals surface area (Å²) in [6, 6.07) is 19.1. The SMILES string of the molecule is CCCc1ccc(C(=O)COc2c(CN=O)ccc3c2C=CC(C)(C)O3)c(OCc2ccccc2)c1. The maximum Gasteiger partial charge on any atom is 0.203 e. The minimum Gasteiger partial charge on any atom is -0.488 e. The van der Waals surface area contributed by atoms with Crippen LogP contribution in [0.25, 0.3) is 6.08 Å². The zero-order valence-electron chi connectivity index (χ0n) is 21.0. The summed E-state index contributed by atoms with van der Waals surface area (Å²) in [5.74, 6) is 1.38. The van der Waals surface area contributed by atoms with Crippen LogP contribution in [0.1, 0.15) is 59.8 Å². The fraction of sp³-hybridized carbons (Fsp3) is 0.300. The molecule has 0 N–H and O–H groups in total. The molecule has 3 aromatic carbocycles. The van der Waals surface area contributed by atoms with Crippen LogP contribution in [0.15, 0.2) is 71.9 Å². The molecule has 3 aromatic rings. The summed E-state index contributed by atoms with van der Waals surface area (Å²) >= 11 is 0. The predicted molar refractivity (Wildman–Crippen MR) is 141 cm³/mol. The first-order chi connectivity index (χ1) is 17.4. The molecule has 0 amide bonds. The highest BCUT2D eigenvalue weighted by molar-refractivity contribution is 6.00. The molecule has 0 fully saturated rings. The number of fused-ring (bicyclic) bond motifs is 1. The summed E-state index contributed by atoms with van der Waals surface area (Å²) in [4.78, 5) is 24.4. The van der Waals surface area contributed by atoms with E-state index in [9.17, 15) is 9.70 Å². The molecule has 0 saturated heterocycles. The van der Waals surface area contributed by atoms with Gasteiger partial charge in [0.1, 0.15) is 36.0 Å². The van der Waals surface area contributed by atoms with Crippen molar-refractivity contribution in [3.8, 4) is 17.2 Å². The standard InChI is InChI=1S/C30H31NO5/c1-4-8-21-11-13-24(28(17-21)34-19-22-9-6-5-7-10-22)26(32)20-35-29-23(18-31-33)12-14-27-25(29)15-16-30(2,3)36-27/h5-7,9-17H,4,8,18-20H2,1-3H3. The second-order valence-electron chi connectivity index (χ2n) is 9.36. The summed E-state index contributed by atoms with van der Waals surface area (Å²) in [5.41, 5.74) is 3.42. The van der Waals surface area contributed by atoms with Crippen LogP contribution in [-0.4, -0.2) is 18.0 Å². The highest BCUT2D eigenvalue weighted by atomic mass is 16.5. The van der Waals surface area contributed by atoms with Gasteiger partial charge in [0.15, 0.2) is 6.61 Å². The number of Topliss-reactive ketones (excluding diaryl/α,β-unsaturated/α-hetero) is 1. The molecular weight excluding hydrogens is 454 g/mol. The third kappa shape index (κ3) is 6.00. The van der Waals surface area contributed by atoms with Crippen LogP contribution in [0, 0.1) is 4.91 Å². The zero-order valence-corrected chi connectivity index (χ0v) is 21.0. The molecule has 6 heteroatoms. The van der Waals surface area contributed by atoms with Crippen LogP contribution in [0.2, 0.25) is 0 Å².